The highest BCUT2D eigenvalue weighted by Gasteiger charge is 2.25. The van der Waals surface area contributed by atoms with Gasteiger partial charge in [-0.2, -0.15) is 0 Å². The van der Waals surface area contributed by atoms with E-state index >= 15 is 0 Å². The number of carbonyl (C=O) groups excluding carboxylic acids is 1. The molecule has 130 valence electrons. The lowest BCUT2D eigenvalue weighted by molar-refractivity contribution is 0.103. The summed E-state index contributed by atoms with van der Waals surface area (Å²) < 4.78 is 37.9. The number of anilines is 1. The van der Waals surface area contributed by atoms with Gasteiger partial charge in [0.15, 0.2) is 5.82 Å². The molecule has 0 saturated carbocycles. The zero-order valence-corrected chi connectivity index (χ0v) is 14.0. The Kier molecular flexibility index (Phi) is 4.27. The topological polar surface area (TPSA) is 118 Å². The number of carbonyl (C=O) groups is 1. The number of aromatic hydroxyl groups is 1. The largest absolute Gasteiger partial charge is 0.755 e. The van der Waals surface area contributed by atoms with Crippen LogP contribution < -0.4 is 4.72 Å². The minimum absolute atomic E-state index is 0.137. The third-order valence-corrected chi connectivity index (χ3v) is 4.38. The molecule has 0 amide bonds. The van der Waals surface area contributed by atoms with E-state index in [1.165, 1.54) is 6.20 Å². The molecule has 3 aromatic rings. The second-order valence-electron chi connectivity index (χ2n) is 5.48. The maximum atomic E-state index is 14.6. The summed E-state index contributed by atoms with van der Waals surface area (Å²) >= 11 is -2.77. The van der Waals surface area contributed by atoms with E-state index in [1.807, 2.05) is 11.6 Å². The maximum absolute atomic E-state index is 14.6. The van der Waals surface area contributed by atoms with Gasteiger partial charge in [0.05, 0.1) is 11.3 Å². The molecule has 9 heteroatoms. The van der Waals surface area contributed by atoms with Crippen molar-refractivity contribution >= 4 is 33.8 Å². The third-order valence-electron chi connectivity index (χ3n) is 4.00. The predicted molar refractivity (Wildman–Crippen MR) is 89.6 cm³/mol. The Bertz CT molecular complexity index is 1030. The van der Waals surface area contributed by atoms with Crippen LogP contribution in [-0.2, 0) is 11.3 Å². The second-order valence-corrected chi connectivity index (χ2v) is 6.15. The van der Waals surface area contributed by atoms with E-state index < -0.39 is 39.9 Å². The molecular formula is C16H13FN3O4S-. The van der Waals surface area contributed by atoms with Gasteiger partial charge in [-0.05, 0) is 37.1 Å². The zero-order chi connectivity index (χ0) is 18.3. The Morgan fingerprint density at radius 3 is 2.80 bits per heavy atom. The molecule has 7 nitrogen and oxygen atoms in total. The number of pyridine rings is 1. The lowest BCUT2D eigenvalue weighted by Crippen LogP contribution is -2.10. The van der Waals surface area contributed by atoms with Gasteiger partial charge in [-0.1, -0.05) is 0 Å². The van der Waals surface area contributed by atoms with Crippen LogP contribution in [0.5, 0.6) is 5.75 Å². The number of hydrogen-bond donors (Lipinski definition) is 3. The monoisotopic (exact) mass is 362 g/mol. The Morgan fingerprint density at radius 1 is 1.40 bits per heavy atom. The van der Waals surface area contributed by atoms with Crippen molar-refractivity contribution in [2.24, 2.45) is 0 Å². The first kappa shape index (κ1) is 17.1. The van der Waals surface area contributed by atoms with E-state index in [4.69, 9.17) is 0 Å². The number of hydrogen-bond acceptors (Lipinski definition) is 5. The number of benzene rings is 1. The zero-order valence-electron chi connectivity index (χ0n) is 13.2. The van der Waals surface area contributed by atoms with E-state index in [0.29, 0.717) is 11.0 Å². The van der Waals surface area contributed by atoms with Crippen LogP contribution in [0.3, 0.4) is 0 Å². The number of ketones is 1. The number of nitrogens with one attached hydrogen (secondary N) is 2. The molecule has 3 N–H and O–H groups in total. The van der Waals surface area contributed by atoms with E-state index in [-0.39, 0.29) is 5.56 Å². The number of rotatable bonds is 4. The molecule has 0 radical (unpaired) electrons. The molecule has 0 aliphatic heterocycles. The van der Waals surface area contributed by atoms with Crippen LogP contribution in [-0.4, -0.2) is 29.6 Å². The van der Waals surface area contributed by atoms with Crippen molar-refractivity contribution in [3.05, 3.63) is 52.6 Å². The van der Waals surface area contributed by atoms with Crippen molar-refractivity contribution in [3.8, 4) is 5.75 Å². The average Bonchev–Trinajstić information content (AvgIpc) is 2.98. The van der Waals surface area contributed by atoms with Gasteiger partial charge in [0, 0.05) is 29.0 Å². The number of aryl methyl sites for hydroxylation is 2. The van der Waals surface area contributed by atoms with Crippen LogP contribution in [0.4, 0.5) is 10.1 Å². The number of phenols is 1. The highest BCUT2D eigenvalue weighted by atomic mass is 32.2. The number of halogens is 1. The van der Waals surface area contributed by atoms with E-state index in [0.717, 1.165) is 23.3 Å². The van der Waals surface area contributed by atoms with Gasteiger partial charge in [-0.25, -0.2) is 9.37 Å². The van der Waals surface area contributed by atoms with Crippen molar-refractivity contribution in [3.63, 3.8) is 0 Å². The smallest absolute Gasteiger partial charge is 0.202 e. The third kappa shape index (κ3) is 2.87. The van der Waals surface area contributed by atoms with Gasteiger partial charge >= 0.3 is 0 Å². The Hall–Kier alpha value is -2.78. The number of phenolic OH excluding ortho intramolecular Hbond substituents is 1. The number of fused-ring (bicyclic) bond motifs is 1. The standard InChI is InChI=1S/C16H14FN3O4S/c1-7-5-18-16-12(8(7)2)9(6-19-16)15(22)13-11(21)4-3-10(14(13)17)20-25(23)24/h3-6,20-21H,1-2H3,(H,18,19)(H,23,24)/p-1. The normalized spacial score (nSPS) is 12.3. The number of H-pyrrole nitrogens is 1. The van der Waals surface area contributed by atoms with Crippen molar-refractivity contribution < 1.29 is 23.1 Å². The summed E-state index contributed by atoms with van der Waals surface area (Å²) in [6.07, 6.45) is 3.03. The molecule has 0 aliphatic carbocycles. The summed E-state index contributed by atoms with van der Waals surface area (Å²) in [6.45, 7) is 3.63. The SMILES string of the molecule is Cc1cnc2[nH]cc(C(=O)c3c(O)ccc(NS(=O)[O-])c3F)c2c1C. The number of aromatic amines is 1. The Balaban J connectivity index is 2.20. The summed E-state index contributed by atoms with van der Waals surface area (Å²) in [6, 6.07) is 2.08. The molecule has 1 atom stereocenters. The van der Waals surface area contributed by atoms with Crippen molar-refractivity contribution in [1.29, 1.82) is 0 Å². The molecule has 3 rings (SSSR count). The molecule has 2 heterocycles. The average molecular weight is 362 g/mol. The Labute approximate surface area is 144 Å². The first-order valence-corrected chi connectivity index (χ1v) is 8.24. The van der Waals surface area contributed by atoms with Gasteiger partial charge in [0.2, 0.25) is 5.78 Å². The fourth-order valence-corrected chi connectivity index (χ4v) is 2.95. The van der Waals surface area contributed by atoms with E-state index in [9.17, 15) is 23.1 Å². The van der Waals surface area contributed by atoms with Gasteiger partial charge in [0.1, 0.15) is 17.0 Å². The number of aromatic nitrogens is 2. The number of nitrogens with zero attached hydrogens (tertiary/aromatic N) is 1. The summed E-state index contributed by atoms with van der Waals surface area (Å²) in [7, 11) is 0. The van der Waals surface area contributed by atoms with Crippen molar-refractivity contribution in [2.75, 3.05) is 4.72 Å². The molecule has 0 spiro atoms. The molecule has 1 unspecified atom stereocenters. The molecular weight excluding hydrogens is 349 g/mol. The molecule has 25 heavy (non-hydrogen) atoms. The first-order chi connectivity index (χ1) is 11.8. The molecule has 2 aromatic heterocycles. The fraction of sp³-hybridized carbons (Fsp3) is 0.125. The quantitative estimate of drug-likeness (QED) is 0.374. The van der Waals surface area contributed by atoms with Crippen LogP contribution in [0.25, 0.3) is 11.0 Å². The lowest BCUT2D eigenvalue weighted by Gasteiger charge is -2.13. The van der Waals surface area contributed by atoms with Crippen LogP contribution in [0.1, 0.15) is 27.0 Å². The molecule has 0 saturated heterocycles. The molecule has 1 aromatic carbocycles. The predicted octanol–water partition coefficient (Wildman–Crippen LogP) is 2.46. The van der Waals surface area contributed by atoms with Crippen LogP contribution in [0.2, 0.25) is 0 Å². The van der Waals surface area contributed by atoms with Crippen LogP contribution >= 0.6 is 0 Å². The van der Waals surface area contributed by atoms with E-state index in [1.54, 1.807) is 13.1 Å². The second kappa shape index (κ2) is 6.26. The highest BCUT2D eigenvalue weighted by molar-refractivity contribution is 7.80. The summed E-state index contributed by atoms with van der Waals surface area (Å²) in [5.41, 5.74) is 1.20. The molecule has 0 fully saturated rings. The summed E-state index contributed by atoms with van der Waals surface area (Å²) in [5.74, 6) is -2.52. The van der Waals surface area contributed by atoms with Crippen molar-refractivity contribution in [1.82, 2.24) is 9.97 Å². The lowest BCUT2D eigenvalue weighted by atomic mass is 9.98. The highest BCUT2D eigenvalue weighted by Crippen LogP contribution is 2.32. The van der Waals surface area contributed by atoms with Gasteiger partial charge in [-0.3, -0.25) is 9.00 Å². The summed E-state index contributed by atoms with van der Waals surface area (Å²) in [5, 5.41) is 10.5. The van der Waals surface area contributed by atoms with E-state index in [2.05, 4.69) is 9.97 Å². The van der Waals surface area contributed by atoms with Gasteiger partial charge < -0.3 is 19.4 Å². The Morgan fingerprint density at radius 2 is 2.12 bits per heavy atom. The van der Waals surface area contributed by atoms with Gasteiger partial charge in [0.25, 0.3) is 0 Å². The molecule has 0 aliphatic rings. The maximum Gasteiger partial charge on any atom is 0.202 e. The fourth-order valence-electron chi connectivity index (χ4n) is 2.61. The summed E-state index contributed by atoms with van der Waals surface area (Å²) in [4.78, 5) is 19.9. The minimum atomic E-state index is -2.77. The van der Waals surface area contributed by atoms with Crippen LogP contribution in [0, 0.1) is 19.7 Å². The van der Waals surface area contributed by atoms with Gasteiger partial charge in [-0.15, -0.1) is 0 Å². The molecule has 0 bridgehead atoms. The van der Waals surface area contributed by atoms with Crippen LogP contribution in [0.15, 0.2) is 24.5 Å². The minimum Gasteiger partial charge on any atom is -0.755 e. The van der Waals surface area contributed by atoms with Crippen molar-refractivity contribution in [2.45, 2.75) is 13.8 Å². The first-order valence-electron chi connectivity index (χ1n) is 7.16.